The Balaban J connectivity index is 1.41. The zero-order chi connectivity index (χ0) is 18.4. The van der Waals surface area contributed by atoms with Crippen LogP contribution in [0.2, 0.25) is 0 Å². The maximum Gasteiger partial charge on any atom is 0.225 e. The highest BCUT2D eigenvalue weighted by Crippen LogP contribution is 2.26. The van der Waals surface area contributed by atoms with Crippen LogP contribution in [0.25, 0.3) is 0 Å². The van der Waals surface area contributed by atoms with E-state index in [0.717, 1.165) is 51.4 Å². The molecule has 1 saturated carbocycles. The lowest BCUT2D eigenvalue weighted by atomic mass is 9.88. The van der Waals surface area contributed by atoms with Crippen molar-refractivity contribution in [3.05, 3.63) is 0 Å². The highest BCUT2D eigenvalue weighted by Gasteiger charge is 2.31. The van der Waals surface area contributed by atoms with E-state index >= 15 is 0 Å². The number of piperidine rings is 1. The van der Waals surface area contributed by atoms with Crippen LogP contribution in [0, 0.1) is 11.8 Å². The van der Waals surface area contributed by atoms with Gasteiger partial charge in [0, 0.05) is 45.2 Å². The minimum absolute atomic E-state index is 0.281. The fraction of sp³-hybridized carbons (Fsp3) is 0.900. The number of hydrogen-bond acceptors (Lipinski definition) is 3. The van der Waals surface area contributed by atoms with Crippen molar-refractivity contribution in [1.82, 2.24) is 20.4 Å². The van der Waals surface area contributed by atoms with Gasteiger partial charge in [-0.2, -0.15) is 0 Å². The highest BCUT2D eigenvalue weighted by atomic mass is 16.2. The molecule has 3 fully saturated rings. The van der Waals surface area contributed by atoms with Crippen LogP contribution in [0.5, 0.6) is 0 Å². The van der Waals surface area contributed by atoms with Crippen LogP contribution in [0.4, 0.5) is 0 Å². The third-order valence-electron chi connectivity index (χ3n) is 6.30. The smallest absolute Gasteiger partial charge is 0.225 e. The summed E-state index contributed by atoms with van der Waals surface area (Å²) in [6, 6.07) is 0.322. The average molecular weight is 364 g/mol. The summed E-state index contributed by atoms with van der Waals surface area (Å²) in [6.07, 6.45) is 9.52. The lowest BCUT2D eigenvalue weighted by Gasteiger charge is -2.30. The number of likely N-dealkylation sites (tertiary alicyclic amines) is 2. The van der Waals surface area contributed by atoms with Crippen molar-refractivity contribution in [2.24, 2.45) is 16.8 Å². The largest absolute Gasteiger partial charge is 0.356 e. The average Bonchev–Trinajstić information content (AvgIpc) is 3.14. The number of hydrogen-bond donors (Lipinski definition) is 2. The standard InChI is InChI=1S/C20H37N5O/c1-21-20(22-13-16-7-6-11-24(2)14-16)23-18-10-12-25(15-18)19(26)17-8-4-3-5-9-17/h16-18H,3-15H2,1-2H3,(H2,21,22,23). The molecular weight excluding hydrogens is 326 g/mol. The van der Waals surface area contributed by atoms with E-state index in [1.54, 1.807) is 0 Å². The number of guanidine groups is 1. The topological polar surface area (TPSA) is 60.0 Å². The van der Waals surface area contributed by atoms with Gasteiger partial charge in [0.1, 0.15) is 0 Å². The molecule has 0 aromatic rings. The molecule has 2 saturated heterocycles. The Hall–Kier alpha value is -1.30. The summed E-state index contributed by atoms with van der Waals surface area (Å²) in [5.74, 6) is 2.25. The van der Waals surface area contributed by atoms with Gasteiger partial charge in [-0.25, -0.2) is 0 Å². The molecule has 26 heavy (non-hydrogen) atoms. The lowest BCUT2D eigenvalue weighted by molar-refractivity contribution is -0.135. The molecular formula is C20H37N5O. The van der Waals surface area contributed by atoms with Crippen LogP contribution in [0.3, 0.4) is 0 Å². The second-order valence-corrected chi connectivity index (χ2v) is 8.47. The zero-order valence-corrected chi connectivity index (χ0v) is 16.7. The van der Waals surface area contributed by atoms with Gasteiger partial charge in [-0.1, -0.05) is 19.3 Å². The fourth-order valence-corrected chi connectivity index (χ4v) is 4.75. The number of aliphatic imine (C=N–C) groups is 1. The molecule has 1 aliphatic carbocycles. The molecule has 2 N–H and O–H groups in total. The zero-order valence-electron chi connectivity index (χ0n) is 16.7. The van der Waals surface area contributed by atoms with Crippen molar-refractivity contribution in [3.63, 3.8) is 0 Å². The van der Waals surface area contributed by atoms with Crippen molar-refractivity contribution in [2.45, 2.75) is 57.4 Å². The van der Waals surface area contributed by atoms with E-state index in [2.05, 4.69) is 32.5 Å². The Morgan fingerprint density at radius 1 is 1.04 bits per heavy atom. The molecule has 0 aromatic carbocycles. The maximum atomic E-state index is 12.7. The Morgan fingerprint density at radius 2 is 1.85 bits per heavy atom. The first-order valence-electron chi connectivity index (χ1n) is 10.6. The highest BCUT2D eigenvalue weighted by molar-refractivity contribution is 5.81. The van der Waals surface area contributed by atoms with E-state index in [0.29, 0.717) is 17.9 Å². The summed E-state index contributed by atoms with van der Waals surface area (Å²) in [5.41, 5.74) is 0. The molecule has 6 heteroatoms. The number of rotatable bonds is 4. The molecule has 0 bridgehead atoms. The van der Waals surface area contributed by atoms with E-state index in [1.807, 2.05) is 7.05 Å². The first-order chi connectivity index (χ1) is 12.7. The van der Waals surface area contributed by atoms with Gasteiger partial charge in [0.05, 0.1) is 0 Å². The van der Waals surface area contributed by atoms with Gasteiger partial charge < -0.3 is 20.4 Å². The van der Waals surface area contributed by atoms with Crippen molar-refractivity contribution < 1.29 is 4.79 Å². The number of nitrogens with zero attached hydrogens (tertiary/aromatic N) is 3. The molecule has 3 rings (SSSR count). The van der Waals surface area contributed by atoms with Crippen LogP contribution in [-0.2, 0) is 4.79 Å². The van der Waals surface area contributed by atoms with Gasteiger partial charge in [-0.3, -0.25) is 9.79 Å². The molecule has 2 atom stereocenters. The van der Waals surface area contributed by atoms with Crippen LogP contribution in [-0.4, -0.2) is 74.5 Å². The summed E-state index contributed by atoms with van der Waals surface area (Å²) >= 11 is 0. The summed E-state index contributed by atoms with van der Waals surface area (Å²) < 4.78 is 0. The Labute approximate surface area is 158 Å². The Kier molecular flexibility index (Phi) is 7.17. The van der Waals surface area contributed by atoms with Crippen LogP contribution in [0.15, 0.2) is 4.99 Å². The third-order valence-corrected chi connectivity index (χ3v) is 6.30. The first kappa shape index (κ1) is 19.5. The minimum Gasteiger partial charge on any atom is -0.356 e. The van der Waals surface area contributed by atoms with Gasteiger partial charge in [0.2, 0.25) is 5.91 Å². The second kappa shape index (κ2) is 9.58. The number of carbonyl (C=O) groups excluding carboxylic acids is 1. The molecule has 0 radical (unpaired) electrons. The molecule has 0 spiro atoms. The molecule has 1 amide bonds. The van der Waals surface area contributed by atoms with E-state index < -0.39 is 0 Å². The van der Waals surface area contributed by atoms with Crippen molar-refractivity contribution in [3.8, 4) is 0 Å². The number of nitrogens with one attached hydrogen (secondary N) is 2. The first-order valence-corrected chi connectivity index (χ1v) is 10.6. The fourth-order valence-electron chi connectivity index (χ4n) is 4.75. The van der Waals surface area contributed by atoms with E-state index in [1.165, 1.54) is 38.6 Å². The Morgan fingerprint density at radius 3 is 2.58 bits per heavy atom. The molecule has 2 heterocycles. The third kappa shape index (κ3) is 5.35. The van der Waals surface area contributed by atoms with Gasteiger partial charge in [-0.15, -0.1) is 0 Å². The predicted molar refractivity (Wildman–Crippen MR) is 106 cm³/mol. The molecule has 2 aliphatic heterocycles. The molecule has 6 nitrogen and oxygen atoms in total. The maximum absolute atomic E-state index is 12.7. The quantitative estimate of drug-likeness (QED) is 0.589. The molecule has 2 unspecified atom stereocenters. The van der Waals surface area contributed by atoms with Crippen molar-refractivity contribution in [1.29, 1.82) is 0 Å². The Bertz CT molecular complexity index is 489. The molecule has 148 valence electrons. The minimum atomic E-state index is 0.281. The van der Waals surface area contributed by atoms with Gasteiger partial charge >= 0.3 is 0 Å². The second-order valence-electron chi connectivity index (χ2n) is 8.47. The van der Waals surface area contributed by atoms with E-state index in [9.17, 15) is 4.79 Å². The summed E-state index contributed by atoms with van der Waals surface area (Å²) in [7, 11) is 4.04. The van der Waals surface area contributed by atoms with Gasteiger partial charge in [0.15, 0.2) is 5.96 Å². The van der Waals surface area contributed by atoms with Crippen molar-refractivity contribution >= 4 is 11.9 Å². The lowest BCUT2D eigenvalue weighted by Crippen LogP contribution is -2.48. The molecule has 3 aliphatic rings. The van der Waals surface area contributed by atoms with Crippen LogP contribution >= 0.6 is 0 Å². The SMILES string of the molecule is CN=C(NCC1CCCN(C)C1)NC1CCN(C(=O)C2CCCCC2)C1. The van der Waals surface area contributed by atoms with Gasteiger partial charge in [0.25, 0.3) is 0 Å². The van der Waals surface area contributed by atoms with Crippen molar-refractivity contribution in [2.75, 3.05) is 46.8 Å². The predicted octanol–water partition coefficient (Wildman–Crippen LogP) is 1.67. The van der Waals surface area contributed by atoms with Crippen LogP contribution in [0.1, 0.15) is 51.4 Å². The normalized spacial score (nSPS) is 29.0. The summed E-state index contributed by atoms with van der Waals surface area (Å²) in [6.45, 7) is 5.06. The number of carbonyl (C=O) groups is 1. The number of amides is 1. The van der Waals surface area contributed by atoms with Gasteiger partial charge in [-0.05, 0) is 51.6 Å². The van der Waals surface area contributed by atoms with Crippen LogP contribution < -0.4 is 10.6 Å². The van der Waals surface area contributed by atoms with E-state index in [4.69, 9.17) is 0 Å². The summed E-state index contributed by atoms with van der Waals surface area (Å²) in [5, 5.41) is 7.04. The molecule has 0 aromatic heterocycles. The van der Waals surface area contributed by atoms with E-state index in [-0.39, 0.29) is 5.92 Å². The monoisotopic (exact) mass is 363 g/mol. The summed E-state index contributed by atoms with van der Waals surface area (Å²) in [4.78, 5) is 21.6.